The lowest BCUT2D eigenvalue weighted by molar-refractivity contribution is 0.0695. The third-order valence-electron chi connectivity index (χ3n) is 5.48. The van der Waals surface area contributed by atoms with Gasteiger partial charge in [-0.2, -0.15) is 5.26 Å². The first kappa shape index (κ1) is 19.9. The van der Waals surface area contributed by atoms with Crippen molar-refractivity contribution < 1.29 is 14.6 Å². The van der Waals surface area contributed by atoms with Crippen LogP contribution in [0.2, 0.25) is 5.02 Å². The summed E-state index contributed by atoms with van der Waals surface area (Å²) in [7, 11) is 0. The molecule has 1 atom stereocenters. The maximum Gasteiger partial charge on any atom is 0.336 e. The number of aryl methyl sites for hydroxylation is 1. The highest BCUT2D eigenvalue weighted by molar-refractivity contribution is 6.33. The third kappa shape index (κ3) is 4.00. The van der Waals surface area contributed by atoms with Crippen LogP contribution in [0.4, 0.5) is 0 Å². The summed E-state index contributed by atoms with van der Waals surface area (Å²) in [4.78, 5) is 15.5. The van der Waals surface area contributed by atoms with E-state index in [0.29, 0.717) is 29.2 Å². The van der Waals surface area contributed by atoms with Crippen LogP contribution in [-0.4, -0.2) is 22.7 Å². The van der Waals surface area contributed by atoms with E-state index in [-0.39, 0.29) is 5.92 Å². The van der Waals surface area contributed by atoms with Crippen molar-refractivity contribution in [3.05, 3.63) is 82.1 Å². The second-order valence-electron chi connectivity index (χ2n) is 7.27. The van der Waals surface area contributed by atoms with E-state index >= 15 is 0 Å². The van der Waals surface area contributed by atoms with E-state index in [1.54, 1.807) is 24.4 Å². The van der Waals surface area contributed by atoms with Crippen LogP contribution in [0.5, 0.6) is 5.75 Å². The van der Waals surface area contributed by atoms with Crippen molar-refractivity contribution in [1.82, 2.24) is 4.98 Å². The summed E-state index contributed by atoms with van der Waals surface area (Å²) in [5.41, 5.74) is 4.49. The van der Waals surface area contributed by atoms with Gasteiger partial charge in [0.2, 0.25) is 0 Å². The van der Waals surface area contributed by atoms with Crippen molar-refractivity contribution in [2.75, 3.05) is 6.61 Å². The van der Waals surface area contributed by atoms with Crippen LogP contribution in [-0.2, 0) is 6.42 Å². The standard InChI is InChI=1S/C24H19ClN2O3/c25-22-11-15(13-26)1-5-19(22)17-4-6-20-16(8-10-30-23(20)12-17)2-3-18-14-27-9-7-21(18)24(28)29/h1,4-7,9,11-12,14,16H,2-3,8,10H2,(H,28,29)/t16-/m0/s1. The van der Waals surface area contributed by atoms with Gasteiger partial charge >= 0.3 is 5.97 Å². The Kier molecular flexibility index (Phi) is 5.69. The zero-order valence-corrected chi connectivity index (χ0v) is 16.9. The van der Waals surface area contributed by atoms with Gasteiger partial charge in [-0.25, -0.2) is 4.79 Å². The Morgan fingerprint density at radius 3 is 2.90 bits per heavy atom. The van der Waals surface area contributed by atoms with Gasteiger partial charge in [0.25, 0.3) is 0 Å². The molecule has 0 spiro atoms. The molecule has 3 aromatic rings. The zero-order valence-electron chi connectivity index (χ0n) is 16.1. The number of carboxylic acid groups (broad SMARTS) is 1. The number of rotatable bonds is 5. The van der Waals surface area contributed by atoms with Crippen molar-refractivity contribution in [2.45, 2.75) is 25.2 Å². The van der Waals surface area contributed by atoms with E-state index in [1.165, 1.54) is 6.20 Å². The molecule has 1 aliphatic rings. The fourth-order valence-electron chi connectivity index (χ4n) is 3.91. The molecule has 0 saturated carbocycles. The first-order valence-corrected chi connectivity index (χ1v) is 10.1. The third-order valence-corrected chi connectivity index (χ3v) is 5.80. The number of fused-ring (bicyclic) bond motifs is 1. The first-order valence-electron chi connectivity index (χ1n) is 9.69. The minimum Gasteiger partial charge on any atom is -0.493 e. The van der Waals surface area contributed by atoms with E-state index in [0.717, 1.165) is 40.8 Å². The molecule has 0 bridgehead atoms. The molecular formula is C24H19ClN2O3. The molecule has 1 aromatic heterocycles. The van der Waals surface area contributed by atoms with Crippen LogP contribution in [0.1, 0.15) is 45.8 Å². The molecule has 2 aromatic carbocycles. The maximum absolute atomic E-state index is 11.4. The average Bonchev–Trinajstić information content (AvgIpc) is 2.77. The number of aromatic nitrogens is 1. The van der Waals surface area contributed by atoms with Gasteiger partial charge in [-0.15, -0.1) is 0 Å². The van der Waals surface area contributed by atoms with Crippen LogP contribution in [0.3, 0.4) is 0 Å². The Bertz CT molecular complexity index is 1150. The van der Waals surface area contributed by atoms with Gasteiger partial charge in [0.15, 0.2) is 0 Å². The van der Waals surface area contributed by atoms with Crippen LogP contribution in [0.15, 0.2) is 54.9 Å². The Morgan fingerprint density at radius 1 is 1.27 bits per heavy atom. The number of nitrogens with zero attached hydrogens (tertiary/aromatic N) is 2. The number of pyridine rings is 1. The Morgan fingerprint density at radius 2 is 2.13 bits per heavy atom. The molecule has 0 fully saturated rings. The molecular weight excluding hydrogens is 400 g/mol. The van der Waals surface area contributed by atoms with Crippen LogP contribution in [0, 0.1) is 11.3 Å². The highest BCUT2D eigenvalue weighted by Crippen LogP contribution is 2.40. The SMILES string of the molecule is N#Cc1ccc(-c2ccc3c(c2)OCC[C@@H]3CCc2cnccc2C(=O)O)c(Cl)c1. The lowest BCUT2D eigenvalue weighted by Crippen LogP contribution is -2.15. The molecule has 2 heterocycles. The van der Waals surface area contributed by atoms with E-state index in [9.17, 15) is 9.90 Å². The van der Waals surface area contributed by atoms with E-state index in [4.69, 9.17) is 21.6 Å². The Balaban J connectivity index is 1.57. The Hall–Kier alpha value is -3.36. The lowest BCUT2D eigenvalue weighted by Gasteiger charge is -2.27. The molecule has 0 amide bonds. The maximum atomic E-state index is 11.4. The van der Waals surface area contributed by atoms with Gasteiger partial charge < -0.3 is 9.84 Å². The van der Waals surface area contributed by atoms with E-state index < -0.39 is 5.97 Å². The fraction of sp³-hybridized carbons (Fsp3) is 0.208. The van der Waals surface area contributed by atoms with Gasteiger partial charge in [0.1, 0.15) is 5.75 Å². The fourth-order valence-corrected chi connectivity index (χ4v) is 4.20. The van der Waals surface area contributed by atoms with E-state index in [1.807, 2.05) is 18.2 Å². The van der Waals surface area contributed by atoms with Gasteiger partial charge in [0.05, 0.1) is 23.8 Å². The smallest absolute Gasteiger partial charge is 0.336 e. The van der Waals surface area contributed by atoms with Gasteiger partial charge in [-0.3, -0.25) is 4.98 Å². The van der Waals surface area contributed by atoms with Gasteiger partial charge in [-0.05, 0) is 66.1 Å². The highest BCUT2D eigenvalue weighted by atomic mass is 35.5. The summed E-state index contributed by atoms with van der Waals surface area (Å²) in [5, 5.41) is 18.9. The van der Waals surface area contributed by atoms with Crippen molar-refractivity contribution in [3.8, 4) is 22.9 Å². The summed E-state index contributed by atoms with van der Waals surface area (Å²) in [5.74, 6) is 0.179. The predicted molar refractivity (Wildman–Crippen MR) is 114 cm³/mol. The second-order valence-corrected chi connectivity index (χ2v) is 7.68. The number of carbonyl (C=O) groups is 1. The first-order chi connectivity index (χ1) is 14.6. The highest BCUT2D eigenvalue weighted by Gasteiger charge is 2.23. The second kappa shape index (κ2) is 8.56. The molecule has 5 nitrogen and oxygen atoms in total. The molecule has 1 N–H and O–H groups in total. The van der Waals surface area contributed by atoms with Crippen molar-refractivity contribution in [1.29, 1.82) is 5.26 Å². The minimum absolute atomic E-state index is 0.279. The molecule has 0 unspecified atom stereocenters. The minimum atomic E-state index is -0.927. The summed E-state index contributed by atoms with van der Waals surface area (Å²) in [6.45, 7) is 0.612. The van der Waals surface area contributed by atoms with E-state index in [2.05, 4.69) is 17.1 Å². The summed E-state index contributed by atoms with van der Waals surface area (Å²) in [6.07, 6.45) is 5.49. The number of halogens is 1. The summed E-state index contributed by atoms with van der Waals surface area (Å²) < 4.78 is 5.91. The van der Waals surface area contributed by atoms with Crippen molar-refractivity contribution in [2.24, 2.45) is 0 Å². The molecule has 4 rings (SSSR count). The number of hydrogen-bond donors (Lipinski definition) is 1. The lowest BCUT2D eigenvalue weighted by atomic mass is 9.86. The predicted octanol–water partition coefficient (Wildman–Crippen LogP) is 5.47. The molecule has 1 aliphatic heterocycles. The largest absolute Gasteiger partial charge is 0.493 e. The molecule has 0 aliphatic carbocycles. The molecule has 6 heteroatoms. The topological polar surface area (TPSA) is 83.2 Å². The summed E-state index contributed by atoms with van der Waals surface area (Å²) in [6, 6.07) is 15.0. The number of ether oxygens (including phenoxy) is 1. The number of aromatic carboxylic acids is 1. The zero-order chi connectivity index (χ0) is 21.1. The quantitative estimate of drug-likeness (QED) is 0.593. The number of hydrogen-bond acceptors (Lipinski definition) is 4. The van der Waals surface area contributed by atoms with Crippen molar-refractivity contribution >= 4 is 17.6 Å². The van der Waals surface area contributed by atoms with Crippen LogP contribution < -0.4 is 4.74 Å². The number of nitriles is 1. The number of benzene rings is 2. The van der Waals surface area contributed by atoms with Crippen LogP contribution in [0.25, 0.3) is 11.1 Å². The number of carboxylic acids is 1. The average molecular weight is 419 g/mol. The monoisotopic (exact) mass is 418 g/mol. The Labute approximate surface area is 179 Å². The van der Waals surface area contributed by atoms with Crippen LogP contribution >= 0.6 is 11.6 Å². The van der Waals surface area contributed by atoms with Crippen molar-refractivity contribution in [3.63, 3.8) is 0 Å². The summed E-state index contributed by atoms with van der Waals surface area (Å²) >= 11 is 6.37. The molecule has 30 heavy (non-hydrogen) atoms. The molecule has 0 saturated heterocycles. The molecule has 0 radical (unpaired) electrons. The normalized spacial score (nSPS) is 15.0. The molecule has 150 valence electrons. The van der Waals surface area contributed by atoms with Gasteiger partial charge in [0, 0.05) is 23.0 Å². The van der Waals surface area contributed by atoms with Gasteiger partial charge in [-0.1, -0.05) is 29.8 Å².